The van der Waals surface area contributed by atoms with Crippen molar-refractivity contribution in [3.05, 3.63) is 41.3 Å². The van der Waals surface area contributed by atoms with E-state index in [-0.39, 0.29) is 6.61 Å². The SMILES string of the molecule is C#Cc1cccc([C](C)CO)c1. The number of aliphatic hydroxyl groups is 1. The van der Waals surface area contributed by atoms with Crippen LogP contribution >= 0.6 is 0 Å². The fourth-order valence-corrected chi connectivity index (χ4v) is 0.966. The van der Waals surface area contributed by atoms with Gasteiger partial charge in [-0.1, -0.05) is 25.0 Å². The average molecular weight is 159 g/mol. The fourth-order valence-electron chi connectivity index (χ4n) is 0.966. The number of hydrogen-bond donors (Lipinski definition) is 1. The molecule has 0 aliphatic heterocycles. The summed E-state index contributed by atoms with van der Waals surface area (Å²) in [6.07, 6.45) is 5.24. The zero-order chi connectivity index (χ0) is 8.97. The second-order valence-corrected chi connectivity index (χ2v) is 2.66. The van der Waals surface area contributed by atoms with Crippen LogP contribution in [-0.4, -0.2) is 11.7 Å². The summed E-state index contributed by atoms with van der Waals surface area (Å²) in [5.74, 6) is 3.49. The Bertz CT molecular complexity index is 296. The van der Waals surface area contributed by atoms with Gasteiger partial charge in [0.2, 0.25) is 0 Å². The maximum Gasteiger partial charge on any atom is 0.0534 e. The first-order valence-electron chi connectivity index (χ1n) is 3.78. The Morgan fingerprint density at radius 3 is 2.92 bits per heavy atom. The molecule has 0 unspecified atom stereocenters. The molecular weight excluding hydrogens is 148 g/mol. The van der Waals surface area contributed by atoms with Crippen LogP contribution in [0.2, 0.25) is 0 Å². The van der Waals surface area contributed by atoms with Crippen LogP contribution in [0, 0.1) is 18.3 Å². The van der Waals surface area contributed by atoms with Gasteiger partial charge in [-0.15, -0.1) is 6.42 Å². The van der Waals surface area contributed by atoms with Gasteiger partial charge in [-0.25, -0.2) is 0 Å². The van der Waals surface area contributed by atoms with Crippen molar-refractivity contribution in [3.63, 3.8) is 0 Å². The molecule has 0 fully saturated rings. The Balaban J connectivity index is 2.95. The largest absolute Gasteiger partial charge is 0.395 e. The first-order chi connectivity index (χ1) is 5.77. The topological polar surface area (TPSA) is 20.2 Å². The van der Waals surface area contributed by atoms with Crippen molar-refractivity contribution in [2.24, 2.45) is 0 Å². The molecule has 0 saturated heterocycles. The fraction of sp³-hybridized carbons (Fsp3) is 0.182. The lowest BCUT2D eigenvalue weighted by Gasteiger charge is -2.06. The number of aliphatic hydroxyl groups excluding tert-OH is 1. The van der Waals surface area contributed by atoms with Crippen LogP contribution in [-0.2, 0) is 0 Å². The summed E-state index contributed by atoms with van der Waals surface area (Å²) >= 11 is 0. The minimum absolute atomic E-state index is 0.0774. The molecule has 0 bridgehead atoms. The second kappa shape index (κ2) is 3.94. The summed E-state index contributed by atoms with van der Waals surface area (Å²) in [5, 5.41) is 8.86. The molecule has 0 saturated carbocycles. The van der Waals surface area contributed by atoms with Crippen LogP contribution in [0.5, 0.6) is 0 Å². The van der Waals surface area contributed by atoms with Gasteiger partial charge >= 0.3 is 0 Å². The van der Waals surface area contributed by atoms with Crippen LogP contribution in [0.15, 0.2) is 24.3 Å². The van der Waals surface area contributed by atoms with E-state index < -0.39 is 0 Å². The Kier molecular flexibility index (Phi) is 2.90. The first-order valence-corrected chi connectivity index (χ1v) is 3.78. The van der Waals surface area contributed by atoms with Crippen molar-refractivity contribution < 1.29 is 5.11 Å². The lowest BCUT2D eigenvalue weighted by Crippen LogP contribution is -1.99. The Hall–Kier alpha value is -1.26. The third-order valence-corrected chi connectivity index (χ3v) is 1.76. The molecule has 0 aliphatic carbocycles. The maximum atomic E-state index is 8.86. The van der Waals surface area contributed by atoms with Gasteiger partial charge in [-0.3, -0.25) is 0 Å². The van der Waals surface area contributed by atoms with Crippen molar-refractivity contribution >= 4 is 0 Å². The predicted octanol–water partition coefficient (Wildman–Crippen LogP) is 1.60. The van der Waals surface area contributed by atoms with E-state index in [1.54, 1.807) is 0 Å². The van der Waals surface area contributed by atoms with Crippen LogP contribution < -0.4 is 0 Å². The zero-order valence-electron chi connectivity index (χ0n) is 7.04. The van der Waals surface area contributed by atoms with Gasteiger partial charge in [-0.05, 0) is 17.7 Å². The Labute approximate surface area is 73.0 Å². The molecule has 1 radical (unpaired) electrons. The van der Waals surface area contributed by atoms with E-state index in [4.69, 9.17) is 11.5 Å². The Morgan fingerprint density at radius 1 is 1.58 bits per heavy atom. The third-order valence-electron chi connectivity index (χ3n) is 1.76. The second-order valence-electron chi connectivity index (χ2n) is 2.66. The molecule has 0 amide bonds. The molecular formula is C11H11O. The predicted molar refractivity (Wildman–Crippen MR) is 49.5 cm³/mol. The molecule has 0 aliphatic rings. The summed E-state index contributed by atoms with van der Waals surface area (Å²) in [6.45, 7) is 1.96. The van der Waals surface area contributed by atoms with Crippen LogP contribution in [0.25, 0.3) is 0 Å². The Morgan fingerprint density at radius 2 is 2.33 bits per heavy atom. The highest BCUT2D eigenvalue weighted by molar-refractivity contribution is 5.40. The molecule has 0 heterocycles. The molecule has 1 aromatic rings. The lowest BCUT2D eigenvalue weighted by molar-refractivity contribution is 0.315. The van der Waals surface area contributed by atoms with Gasteiger partial charge < -0.3 is 5.11 Å². The molecule has 1 aromatic carbocycles. The highest BCUT2D eigenvalue weighted by Crippen LogP contribution is 2.14. The van der Waals surface area contributed by atoms with E-state index in [1.165, 1.54) is 0 Å². The molecule has 12 heavy (non-hydrogen) atoms. The summed E-state index contributed by atoms with van der Waals surface area (Å²) in [6, 6.07) is 7.59. The van der Waals surface area contributed by atoms with Crippen molar-refractivity contribution in [2.75, 3.05) is 6.61 Å². The van der Waals surface area contributed by atoms with Gasteiger partial charge in [0.1, 0.15) is 0 Å². The number of rotatable bonds is 2. The molecule has 0 aromatic heterocycles. The smallest absolute Gasteiger partial charge is 0.0534 e. The van der Waals surface area contributed by atoms with E-state index in [1.807, 2.05) is 31.2 Å². The van der Waals surface area contributed by atoms with Gasteiger partial charge in [0.25, 0.3) is 0 Å². The molecule has 1 N–H and O–H groups in total. The van der Waals surface area contributed by atoms with Crippen LogP contribution in [0.3, 0.4) is 0 Å². The van der Waals surface area contributed by atoms with E-state index in [0.29, 0.717) is 0 Å². The van der Waals surface area contributed by atoms with Crippen molar-refractivity contribution in [3.8, 4) is 12.3 Å². The normalized spacial score (nSPS) is 9.83. The molecule has 0 atom stereocenters. The van der Waals surface area contributed by atoms with Gasteiger partial charge in [-0.2, -0.15) is 0 Å². The molecule has 1 rings (SSSR count). The minimum atomic E-state index is 0.0774. The summed E-state index contributed by atoms with van der Waals surface area (Å²) < 4.78 is 0. The quantitative estimate of drug-likeness (QED) is 0.650. The lowest BCUT2D eigenvalue weighted by atomic mass is 10.0. The van der Waals surface area contributed by atoms with E-state index in [0.717, 1.165) is 17.0 Å². The van der Waals surface area contributed by atoms with Crippen molar-refractivity contribution in [2.45, 2.75) is 6.92 Å². The minimum Gasteiger partial charge on any atom is -0.395 e. The average Bonchev–Trinajstić information content (AvgIpc) is 2.17. The molecule has 1 heteroatoms. The van der Waals surface area contributed by atoms with Crippen molar-refractivity contribution in [1.82, 2.24) is 0 Å². The summed E-state index contributed by atoms with van der Waals surface area (Å²) in [4.78, 5) is 0. The maximum absolute atomic E-state index is 8.86. The summed E-state index contributed by atoms with van der Waals surface area (Å²) in [5.41, 5.74) is 1.85. The molecule has 1 nitrogen and oxygen atoms in total. The standard InChI is InChI=1S/C11H11O/c1-3-10-5-4-6-11(7-10)9(2)8-12/h1,4-7,12H,8H2,2H3. The summed E-state index contributed by atoms with van der Waals surface area (Å²) in [7, 11) is 0. The monoisotopic (exact) mass is 159 g/mol. The van der Waals surface area contributed by atoms with Gasteiger partial charge in [0, 0.05) is 11.5 Å². The number of hydrogen-bond acceptors (Lipinski definition) is 1. The van der Waals surface area contributed by atoms with Crippen LogP contribution in [0.4, 0.5) is 0 Å². The van der Waals surface area contributed by atoms with E-state index in [9.17, 15) is 0 Å². The van der Waals surface area contributed by atoms with E-state index >= 15 is 0 Å². The van der Waals surface area contributed by atoms with Crippen molar-refractivity contribution in [1.29, 1.82) is 0 Å². The van der Waals surface area contributed by atoms with E-state index in [2.05, 4.69) is 5.92 Å². The number of terminal acetylenes is 1. The first kappa shape index (κ1) is 8.83. The zero-order valence-corrected chi connectivity index (χ0v) is 7.04. The highest BCUT2D eigenvalue weighted by Gasteiger charge is 2.03. The van der Waals surface area contributed by atoms with Gasteiger partial charge in [0.05, 0.1) is 6.61 Å². The third kappa shape index (κ3) is 1.87. The molecule has 61 valence electrons. The highest BCUT2D eigenvalue weighted by atomic mass is 16.3. The van der Waals surface area contributed by atoms with Gasteiger partial charge in [0.15, 0.2) is 0 Å². The van der Waals surface area contributed by atoms with Crippen LogP contribution in [0.1, 0.15) is 18.1 Å². The number of benzene rings is 1. The molecule has 0 spiro atoms.